The standard InChI is InChI=1S/C22H28O2Si/c1-5-25(6-2,7-3)22(17-11-9-8-10-12-17)16-21(23)19-14-13-18(24-4)15-20(19)22/h8-15H,5-7,16H2,1-4H3/t22-/m1/s1. The van der Waals surface area contributed by atoms with Gasteiger partial charge in [0.25, 0.3) is 0 Å². The second-order valence-electron chi connectivity index (χ2n) is 7.12. The third-order valence-electron chi connectivity index (χ3n) is 6.61. The van der Waals surface area contributed by atoms with E-state index in [1.165, 1.54) is 29.3 Å². The van der Waals surface area contributed by atoms with Gasteiger partial charge in [-0.1, -0.05) is 69.2 Å². The summed E-state index contributed by atoms with van der Waals surface area (Å²) in [4.78, 5) is 13.0. The van der Waals surface area contributed by atoms with Gasteiger partial charge in [-0.3, -0.25) is 4.79 Å². The Kier molecular flexibility index (Phi) is 4.87. The van der Waals surface area contributed by atoms with Crippen molar-refractivity contribution in [3.05, 3.63) is 65.2 Å². The van der Waals surface area contributed by atoms with Crippen molar-refractivity contribution in [3.63, 3.8) is 0 Å². The lowest BCUT2D eigenvalue weighted by Gasteiger charge is -2.47. The first-order chi connectivity index (χ1) is 12.1. The van der Waals surface area contributed by atoms with Crippen molar-refractivity contribution in [2.75, 3.05) is 7.11 Å². The zero-order chi connectivity index (χ0) is 18.1. The second kappa shape index (κ2) is 6.79. The van der Waals surface area contributed by atoms with Crippen LogP contribution in [0, 0.1) is 0 Å². The number of carbonyl (C=O) groups excluding carboxylic acids is 1. The molecule has 0 saturated heterocycles. The van der Waals surface area contributed by atoms with Gasteiger partial charge in [-0.15, -0.1) is 0 Å². The minimum atomic E-state index is -1.78. The molecule has 132 valence electrons. The molecular weight excluding hydrogens is 324 g/mol. The maximum atomic E-state index is 13.0. The van der Waals surface area contributed by atoms with Gasteiger partial charge in [-0.25, -0.2) is 0 Å². The minimum absolute atomic E-state index is 0.145. The first-order valence-corrected chi connectivity index (χ1v) is 12.0. The van der Waals surface area contributed by atoms with E-state index in [-0.39, 0.29) is 10.8 Å². The van der Waals surface area contributed by atoms with Crippen molar-refractivity contribution in [3.8, 4) is 5.75 Å². The highest BCUT2D eigenvalue weighted by molar-refractivity contribution is 6.83. The number of benzene rings is 2. The number of methoxy groups -OCH3 is 1. The Bertz CT molecular complexity index is 757. The molecule has 2 nitrogen and oxygen atoms in total. The fraction of sp³-hybridized carbons (Fsp3) is 0.409. The van der Waals surface area contributed by atoms with Crippen molar-refractivity contribution in [2.24, 2.45) is 0 Å². The Balaban J connectivity index is 2.38. The molecule has 0 bridgehead atoms. The van der Waals surface area contributed by atoms with Crippen LogP contribution in [0.25, 0.3) is 0 Å². The van der Waals surface area contributed by atoms with Gasteiger partial charge in [0, 0.05) is 17.0 Å². The molecule has 0 spiro atoms. The Morgan fingerprint density at radius 2 is 1.64 bits per heavy atom. The van der Waals surface area contributed by atoms with Gasteiger partial charge in [-0.05, 0) is 29.3 Å². The van der Waals surface area contributed by atoms with E-state index in [2.05, 4.69) is 57.2 Å². The lowest BCUT2D eigenvalue weighted by atomic mass is 9.91. The molecule has 0 aromatic heterocycles. The minimum Gasteiger partial charge on any atom is -0.497 e. The van der Waals surface area contributed by atoms with E-state index in [0.717, 1.165) is 11.3 Å². The lowest BCUT2D eigenvalue weighted by molar-refractivity contribution is 0.0987. The summed E-state index contributed by atoms with van der Waals surface area (Å²) in [7, 11) is -0.0793. The first-order valence-electron chi connectivity index (χ1n) is 9.35. The maximum Gasteiger partial charge on any atom is 0.164 e. The van der Waals surface area contributed by atoms with Gasteiger partial charge in [-0.2, -0.15) is 0 Å². The highest BCUT2D eigenvalue weighted by Gasteiger charge is 2.57. The molecule has 1 aliphatic rings. The fourth-order valence-corrected chi connectivity index (χ4v) is 10.5. The molecule has 2 aromatic rings. The van der Waals surface area contributed by atoms with E-state index in [1.54, 1.807) is 7.11 Å². The molecule has 3 rings (SSSR count). The van der Waals surface area contributed by atoms with E-state index >= 15 is 0 Å². The molecular formula is C22H28O2Si. The summed E-state index contributed by atoms with van der Waals surface area (Å²) in [5.74, 6) is 1.13. The van der Waals surface area contributed by atoms with E-state index in [1.807, 2.05) is 12.1 Å². The summed E-state index contributed by atoms with van der Waals surface area (Å²) >= 11 is 0. The first kappa shape index (κ1) is 17.9. The topological polar surface area (TPSA) is 26.3 Å². The van der Waals surface area contributed by atoms with Crippen LogP contribution in [0.15, 0.2) is 48.5 Å². The van der Waals surface area contributed by atoms with Gasteiger partial charge >= 0.3 is 0 Å². The Labute approximate surface area is 152 Å². The highest BCUT2D eigenvalue weighted by Crippen LogP contribution is 2.54. The van der Waals surface area contributed by atoms with E-state index in [9.17, 15) is 4.79 Å². The van der Waals surface area contributed by atoms with Crippen LogP contribution in [0.5, 0.6) is 5.75 Å². The Hall–Kier alpha value is -1.87. The number of hydrogen-bond acceptors (Lipinski definition) is 2. The van der Waals surface area contributed by atoms with E-state index in [0.29, 0.717) is 6.42 Å². The maximum absolute atomic E-state index is 13.0. The van der Waals surface area contributed by atoms with Gasteiger partial charge in [0.05, 0.1) is 15.2 Å². The molecule has 3 heteroatoms. The van der Waals surface area contributed by atoms with Crippen LogP contribution in [-0.2, 0) is 5.04 Å². The predicted octanol–water partition coefficient (Wildman–Crippen LogP) is 5.62. The quantitative estimate of drug-likeness (QED) is 0.631. The molecule has 0 amide bonds. The second-order valence-corrected chi connectivity index (χ2v) is 12.7. The smallest absolute Gasteiger partial charge is 0.164 e. The zero-order valence-electron chi connectivity index (χ0n) is 15.8. The third-order valence-corrected chi connectivity index (χ3v) is 13.2. The lowest BCUT2D eigenvalue weighted by Crippen LogP contribution is -2.54. The molecule has 0 unspecified atom stereocenters. The molecule has 0 fully saturated rings. The molecule has 1 atom stereocenters. The number of fused-ring (bicyclic) bond motifs is 1. The van der Waals surface area contributed by atoms with Crippen LogP contribution in [0.2, 0.25) is 18.1 Å². The van der Waals surface area contributed by atoms with Crippen LogP contribution in [0.1, 0.15) is 48.7 Å². The fourth-order valence-electron chi connectivity index (χ4n) is 5.09. The van der Waals surface area contributed by atoms with Gasteiger partial charge in [0.2, 0.25) is 0 Å². The number of Topliss-reactive ketones (excluding diaryl/α,β-unsaturated/α-hetero) is 1. The van der Waals surface area contributed by atoms with Crippen molar-refractivity contribution in [1.29, 1.82) is 0 Å². The van der Waals surface area contributed by atoms with Crippen molar-refractivity contribution < 1.29 is 9.53 Å². The molecule has 1 aliphatic carbocycles. The van der Waals surface area contributed by atoms with Crippen LogP contribution >= 0.6 is 0 Å². The molecule has 2 aromatic carbocycles. The zero-order valence-corrected chi connectivity index (χ0v) is 16.8. The monoisotopic (exact) mass is 352 g/mol. The third kappa shape index (κ3) is 2.48. The summed E-state index contributed by atoms with van der Waals surface area (Å²) in [6, 6.07) is 20.3. The summed E-state index contributed by atoms with van der Waals surface area (Å²) in [5, 5.41) is -0.145. The summed E-state index contributed by atoms with van der Waals surface area (Å²) in [6.45, 7) is 6.98. The molecule has 0 N–H and O–H groups in total. The Morgan fingerprint density at radius 1 is 1.00 bits per heavy atom. The van der Waals surface area contributed by atoms with Crippen molar-refractivity contribution >= 4 is 13.9 Å². The number of carbonyl (C=O) groups is 1. The largest absolute Gasteiger partial charge is 0.497 e. The van der Waals surface area contributed by atoms with E-state index in [4.69, 9.17) is 4.74 Å². The molecule has 0 aliphatic heterocycles. The Morgan fingerprint density at radius 3 is 2.20 bits per heavy atom. The number of hydrogen-bond donors (Lipinski definition) is 0. The van der Waals surface area contributed by atoms with Crippen molar-refractivity contribution in [2.45, 2.75) is 50.4 Å². The molecule has 0 saturated carbocycles. The van der Waals surface area contributed by atoms with Crippen LogP contribution < -0.4 is 4.74 Å². The van der Waals surface area contributed by atoms with Gasteiger partial charge < -0.3 is 4.74 Å². The molecule has 25 heavy (non-hydrogen) atoms. The number of ketones is 1. The summed E-state index contributed by atoms with van der Waals surface area (Å²) < 4.78 is 5.52. The predicted molar refractivity (Wildman–Crippen MR) is 106 cm³/mol. The summed E-state index contributed by atoms with van der Waals surface area (Å²) in [5.41, 5.74) is 3.42. The summed E-state index contributed by atoms with van der Waals surface area (Å²) in [6.07, 6.45) is 0.612. The van der Waals surface area contributed by atoms with Crippen LogP contribution in [-0.4, -0.2) is 21.0 Å². The van der Waals surface area contributed by atoms with E-state index < -0.39 is 8.07 Å². The van der Waals surface area contributed by atoms with Gasteiger partial charge in [0.15, 0.2) is 5.78 Å². The average molecular weight is 353 g/mol. The normalized spacial score (nSPS) is 19.8. The van der Waals surface area contributed by atoms with Crippen LogP contribution in [0.4, 0.5) is 0 Å². The SMILES string of the molecule is CC[Si](CC)(CC)[C@@]1(c2ccccc2)CC(=O)c2ccc(OC)cc21. The number of rotatable bonds is 6. The van der Waals surface area contributed by atoms with Crippen molar-refractivity contribution in [1.82, 2.24) is 0 Å². The van der Waals surface area contributed by atoms with Gasteiger partial charge in [0.1, 0.15) is 5.75 Å². The molecule has 0 heterocycles. The average Bonchev–Trinajstić information content (AvgIpc) is 2.98. The number of ether oxygens (including phenoxy) is 1. The molecule has 0 radical (unpaired) electrons. The van der Waals surface area contributed by atoms with Crippen LogP contribution in [0.3, 0.4) is 0 Å². The highest BCUT2D eigenvalue weighted by atomic mass is 28.3.